The van der Waals surface area contributed by atoms with E-state index in [-0.39, 0.29) is 31.6 Å². The number of amides is 16. The average Bonchev–Trinajstić information content (AvgIpc) is 0.853. The molecule has 0 spiro atoms. The number of hydrogen-bond donors (Lipinski definition) is 23. The lowest BCUT2D eigenvalue weighted by Crippen LogP contribution is -2.62. The number of aliphatic hydroxyl groups excluding tert-OH is 2. The number of rotatable bonds is 51. The van der Waals surface area contributed by atoms with Crippen LogP contribution in [0, 0.1) is 17.8 Å². The third-order valence-electron chi connectivity index (χ3n) is 16.2. The summed E-state index contributed by atoms with van der Waals surface area (Å²) in [5.74, 6) is -27.9. The first-order chi connectivity index (χ1) is 52.5. The van der Waals surface area contributed by atoms with Crippen LogP contribution in [0.3, 0.4) is 0 Å². The minimum atomic E-state index is -2.18. The lowest BCUT2D eigenvalue weighted by molar-refractivity contribution is -0.143. The summed E-state index contributed by atoms with van der Waals surface area (Å²) >= 11 is 0. The largest absolute Gasteiger partial charge is 0.481 e. The molecule has 44 nitrogen and oxygen atoms in total. The van der Waals surface area contributed by atoms with Crippen LogP contribution in [-0.2, 0) is 107 Å². The summed E-state index contributed by atoms with van der Waals surface area (Å²) < 4.78 is 0. The molecule has 0 aliphatic rings. The van der Waals surface area contributed by atoms with Crippen molar-refractivity contribution in [3.05, 3.63) is 35.9 Å². The Morgan fingerprint density at radius 2 is 0.584 bits per heavy atom. The Morgan fingerprint density at radius 3 is 0.903 bits per heavy atom. The standard InChI is InChI=1S/C69H106N16O28/c1-29(2)20-40(61(105)72-34(9)59(103)84-48(28-86)55(70)99)77-57(101)33(8)73-63(107)45(25-51(93)94)82-64(108)42(22-31(5)6)79-60(104)39(18-19-49(89)90)76-56(100)32(7)71-62(106)41(21-30(3)4)80-67(111)47(27-53(97)98)83-66(110)46(26-52(95)96)78-58(102)35(10)74-69(113)54(36(11)87)85-68(112)43(23-38-16-14-13-15-17-38)81-65(109)44(24-50(91)92)75-37(12)88/h13-17,29-36,39-48,54,86-87H,18-28H2,1-12H3,(H2,70,99)(H,71,106)(H,72,105)(H,73,107)(H,74,113)(H,75,88)(H,76,100)(H,77,101)(H,78,102)(H,79,104)(H,80,111)(H,81,109)(H,82,108)(H,83,110)(H,84,103)(H,85,112)(H,89,90)(H,91,92)(H,93,94)(H,95,96)(H,97,98)/t32-,33-,34-,35-,36+,39-,40-,41-,42-,43-,44-,45-,46-,47-,48-,54-/m0/s1. The fraction of sp³-hybridized carbons (Fsp3) is 0.609. The molecule has 0 saturated carbocycles. The smallest absolute Gasteiger partial charge is 0.305 e. The molecule has 16 atom stereocenters. The zero-order valence-electron chi connectivity index (χ0n) is 64.4. The Bertz CT molecular complexity index is 3580. The van der Waals surface area contributed by atoms with Crippen LogP contribution in [-0.4, -0.2) is 263 Å². The van der Waals surface area contributed by atoms with Gasteiger partial charge in [0.2, 0.25) is 94.5 Å². The second-order valence-corrected chi connectivity index (χ2v) is 27.9. The van der Waals surface area contributed by atoms with E-state index >= 15 is 0 Å². The Balaban J connectivity index is 3.44. The molecular weight excluding hydrogens is 1500 g/mol. The molecule has 1 rings (SSSR count). The van der Waals surface area contributed by atoms with Gasteiger partial charge < -0.3 is 121 Å². The van der Waals surface area contributed by atoms with Crippen molar-refractivity contribution >= 4 is 124 Å². The predicted octanol–water partition coefficient (Wildman–Crippen LogP) is -7.64. The first kappa shape index (κ1) is 99.0. The SMILES string of the molecule is CC(=O)N[C@@H](CC(=O)O)C(=O)N[C@@H](Cc1ccccc1)C(=O)N[C@H](C(=O)N[C@@H](C)C(=O)N[C@@H](CC(=O)O)C(=O)N[C@@H](CC(=O)O)C(=O)N[C@@H](CC(C)C)C(=O)N[C@@H](C)C(=O)N[C@@H](CCC(=O)O)C(=O)N[C@@H](CC(C)C)C(=O)N[C@@H](CC(=O)O)C(=O)N[C@@H](C)C(=O)N[C@@H](CC(C)C)C(=O)N[C@@H](C)C(=O)N[C@@H](CO)C(N)=O)[C@@H](C)O. The number of nitrogens with one attached hydrogen (secondary N) is 15. The van der Waals surface area contributed by atoms with Crippen LogP contribution in [0.1, 0.15) is 146 Å². The van der Waals surface area contributed by atoms with Crippen molar-refractivity contribution in [2.24, 2.45) is 23.5 Å². The van der Waals surface area contributed by atoms with E-state index in [2.05, 4.69) is 69.1 Å². The molecular formula is C69H106N16O28. The molecule has 0 radical (unpaired) electrons. The van der Waals surface area contributed by atoms with Crippen LogP contribution in [0.5, 0.6) is 0 Å². The number of aliphatic carboxylic acids is 5. The van der Waals surface area contributed by atoms with Gasteiger partial charge in [-0.15, -0.1) is 0 Å². The molecule has 113 heavy (non-hydrogen) atoms. The van der Waals surface area contributed by atoms with E-state index in [1.54, 1.807) is 71.9 Å². The van der Waals surface area contributed by atoms with E-state index in [1.165, 1.54) is 6.92 Å². The average molecular weight is 1610 g/mol. The summed E-state index contributed by atoms with van der Waals surface area (Å²) in [4.78, 5) is 275. The summed E-state index contributed by atoms with van der Waals surface area (Å²) in [6, 6.07) is -18.1. The van der Waals surface area contributed by atoms with E-state index in [9.17, 15) is 136 Å². The molecule has 0 aromatic heterocycles. The van der Waals surface area contributed by atoms with E-state index in [0.717, 1.165) is 34.6 Å². The molecule has 44 heteroatoms. The number of carboxylic acid groups (broad SMARTS) is 5. The Labute approximate surface area is 648 Å². The first-order valence-corrected chi connectivity index (χ1v) is 35.7. The fourth-order valence-corrected chi connectivity index (χ4v) is 10.4. The van der Waals surface area contributed by atoms with Gasteiger partial charge in [-0.25, -0.2) is 0 Å². The molecule has 0 aliphatic heterocycles. The summed E-state index contributed by atoms with van der Waals surface area (Å²) in [5, 5.41) is 102. The van der Waals surface area contributed by atoms with Gasteiger partial charge in [-0.1, -0.05) is 71.9 Å². The molecule has 0 unspecified atom stereocenters. The van der Waals surface area contributed by atoms with Crippen LogP contribution >= 0.6 is 0 Å². The van der Waals surface area contributed by atoms with Crippen molar-refractivity contribution < 1.29 is 136 Å². The van der Waals surface area contributed by atoms with Gasteiger partial charge in [0, 0.05) is 19.8 Å². The van der Waals surface area contributed by atoms with Gasteiger partial charge in [0.25, 0.3) is 0 Å². The van der Waals surface area contributed by atoms with Crippen molar-refractivity contribution in [3.63, 3.8) is 0 Å². The van der Waals surface area contributed by atoms with Gasteiger partial charge in [0.05, 0.1) is 38.4 Å². The molecule has 0 heterocycles. The normalized spacial score (nSPS) is 15.3. The molecule has 0 fully saturated rings. The molecule has 24 N–H and O–H groups in total. The van der Waals surface area contributed by atoms with E-state index in [0.29, 0.717) is 5.56 Å². The van der Waals surface area contributed by atoms with Crippen LogP contribution < -0.4 is 85.5 Å². The van der Waals surface area contributed by atoms with E-state index < -0.39 is 278 Å². The number of hydrogen-bond acceptors (Lipinski definition) is 23. The Morgan fingerprint density at radius 1 is 0.319 bits per heavy atom. The zero-order chi connectivity index (χ0) is 86.6. The van der Waals surface area contributed by atoms with Gasteiger partial charge in [-0.2, -0.15) is 0 Å². The topological polar surface area (TPSA) is 707 Å². The summed E-state index contributed by atoms with van der Waals surface area (Å²) in [6.45, 7) is 15.3. The number of primary amides is 1. The summed E-state index contributed by atoms with van der Waals surface area (Å²) in [5.41, 5.74) is 5.58. The van der Waals surface area contributed by atoms with Gasteiger partial charge in [0.15, 0.2) is 0 Å². The molecule has 1 aromatic rings. The van der Waals surface area contributed by atoms with Crippen LogP contribution in [0.2, 0.25) is 0 Å². The minimum Gasteiger partial charge on any atom is -0.481 e. The summed E-state index contributed by atoms with van der Waals surface area (Å²) in [7, 11) is 0. The second-order valence-electron chi connectivity index (χ2n) is 27.9. The number of carbonyl (C=O) groups is 21. The van der Waals surface area contributed by atoms with E-state index in [4.69, 9.17) is 5.73 Å². The van der Waals surface area contributed by atoms with Gasteiger partial charge in [-0.3, -0.25) is 101 Å². The monoisotopic (exact) mass is 1610 g/mol. The van der Waals surface area contributed by atoms with Crippen molar-refractivity contribution in [3.8, 4) is 0 Å². The fourth-order valence-electron chi connectivity index (χ4n) is 10.4. The lowest BCUT2D eigenvalue weighted by Gasteiger charge is -2.28. The maximum absolute atomic E-state index is 14.1. The zero-order valence-corrected chi connectivity index (χ0v) is 64.4. The minimum absolute atomic E-state index is 0.0325. The van der Waals surface area contributed by atoms with Crippen molar-refractivity contribution in [2.75, 3.05) is 6.61 Å². The quantitative estimate of drug-likeness (QED) is 0.0288. The first-order valence-electron chi connectivity index (χ1n) is 35.7. The van der Waals surface area contributed by atoms with Crippen molar-refractivity contribution in [2.45, 2.75) is 244 Å². The summed E-state index contributed by atoms with van der Waals surface area (Å²) in [6.07, 6.45) is -8.69. The van der Waals surface area contributed by atoms with Crippen LogP contribution in [0.15, 0.2) is 30.3 Å². The van der Waals surface area contributed by atoms with Gasteiger partial charge >= 0.3 is 29.8 Å². The highest BCUT2D eigenvalue weighted by Crippen LogP contribution is 2.14. The Kier molecular flexibility index (Phi) is 42.6. The lowest BCUT2D eigenvalue weighted by atomic mass is 10.0. The third-order valence-corrected chi connectivity index (χ3v) is 16.2. The highest BCUT2D eigenvalue weighted by molar-refractivity contribution is 6.02. The Hall–Kier alpha value is -12.0. The van der Waals surface area contributed by atoms with E-state index in [1.807, 2.05) is 10.6 Å². The molecule has 0 bridgehead atoms. The number of benzene rings is 1. The molecule has 0 aliphatic carbocycles. The highest BCUT2D eigenvalue weighted by Gasteiger charge is 2.39. The molecule has 16 amide bonds. The highest BCUT2D eigenvalue weighted by atomic mass is 16.4. The maximum atomic E-state index is 14.1. The number of carboxylic acids is 5. The van der Waals surface area contributed by atoms with Crippen LogP contribution in [0.25, 0.3) is 0 Å². The van der Waals surface area contributed by atoms with Gasteiger partial charge in [0.1, 0.15) is 90.6 Å². The molecule has 1 aromatic carbocycles. The number of nitrogens with two attached hydrogens (primary N) is 1. The van der Waals surface area contributed by atoms with Crippen molar-refractivity contribution in [1.29, 1.82) is 0 Å². The maximum Gasteiger partial charge on any atom is 0.305 e. The van der Waals surface area contributed by atoms with Crippen molar-refractivity contribution in [1.82, 2.24) is 79.8 Å². The van der Waals surface area contributed by atoms with Crippen LogP contribution in [0.4, 0.5) is 0 Å². The molecule has 630 valence electrons. The molecule has 0 saturated heterocycles. The predicted molar refractivity (Wildman–Crippen MR) is 390 cm³/mol. The third kappa shape index (κ3) is 38.0. The number of carbonyl (C=O) groups excluding carboxylic acids is 16. The second kappa shape index (κ2) is 48.6. The van der Waals surface area contributed by atoms with Gasteiger partial charge in [-0.05, 0) is 83.6 Å². The number of aliphatic hydroxyl groups is 2.